The summed E-state index contributed by atoms with van der Waals surface area (Å²) in [5.74, 6) is -2.53. The number of hydrogen-bond acceptors (Lipinski definition) is 3. The highest BCUT2D eigenvalue weighted by Crippen LogP contribution is 2.25. The Bertz CT molecular complexity index is 643. The number of carbonyl (C=O) groups excluding carboxylic acids is 2. The van der Waals surface area contributed by atoms with Crippen molar-refractivity contribution < 1.29 is 22.8 Å². The second-order valence-electron chi connectivity index (χ2n) is 6.74. The van der Waals surface area contributed by atoms with E-state index in [1.165, 1.54) is 0 Å². The lowest BCUT2D eigenvalue weighted by Gasteiger charge is -2.39. The van der Waals surface area contributed by atoms with E-state index >= 15 is 0 Å². The minimum absolute atomic E-state index is 0.0594. The standard InChI is InChI=1S/C18H22F3N3O2/c19-18(20,21)17(26)24-8-4-5-14(13-24)16(25)23-11-9-22(10-12-23)15-6-2-1-3-7-15/h1-3,6-7,14H,4-5,8-13H2. The van der Waals surface area contributed by atoms with Crippen molar-refractivity contribution in [3.63, 3.8) is 0 Å². The summed E-state index contributed by atoms with van der Waals surface area (Å²) in [7, 11) is 0. The average molecular weight is 369 g/mol. The molecule has 0 N–H and O–H groups in total. The minimum atomic E-state index is -4.88. The van der Waals surface area contributed by atoms with Crippen molar-refractivity contribution >= 4 is 17.5 Å². The molecule has 0 aliphatic carbocycles. The first-order chi connectivity index (χ1) is 12.4. The van der Waals surface area contributed by atoms with Gasteiger partial charge in [-0.15, -0.1) is 0 Å². The van der Waals surface area contributed by atoms with Crippen LogP contribution in [0.2, 0.25) is 0 Å². The first-order valence-electron chi connectivity index (χ1n) is 8.81. The van der Waals surface area contributed by atoms with Crippen LogP contribution in [0.3, 0.4) is 0 Å². The smallest absolute Gasteiger partial charge is 0.368 e. The van der Waals surface area contributed by atoms with Crippen LogP contribution in [0.4, 0.5) is 18.9 Å². The molecule has 1 aromatic carbocycles. The molecule has 1 aromatic rings. The van der Waals surface area contributed by atoms with Crippen molar-refractivity contribution in [3.05, 3.63) is 30.3 Å². The van der Waals surface area contributed by atoms with Gasteiger partial charge in [-0.05, 0) is 25.0 Å². The maximum Gasteiger partial charge on any atom is 0.471 e. The Balaban J connectivity index is 1.56. The number of nitrogens with zero attached hydrogens (tertiary/aromatic N) is 3. The number of anilines is 1. The Morgan fingerprint density at radius 2 is 1.58 bits per heavy atom. The maximum absolute atomic E-state index is 12.7. The van der Waals surface area contributed by atoms with Crippen LogP contribution < -0.4 is 4.90 Å². The highest BCUT2D eigenvalue weighted by Gasteiger charge is 2.44. The second-order valence-corrected chi connectivity index (χ2v) is 6.74. The van der Waals surface area contributed by atoms with Crippen molar-refractivity contribution in [3.8, 4) is 0 Å². The lowest BCUT2D eigenvalue weighted by molar-refractivity contribution is -0.187. The Hall–Kier alpha value is -2.25. The Labute approximate surface area is 150 Å². The predicted octanol–water partition coefficient (Wildman–Crippen LogP) is 2.14. The summed E-state index contributed by atoms with van der Waals surface area (Å²) in [6.45, 7) is 2.37. The zero-order chi connectivity index (χ0) is 18.7. The summed E-state index contributed by atoms with van der Waals surface area (Å²) in [4.78, 5) is 28.8. The van der Waals surface area contributed by atoms with Gasteiger partial charge in [0, 0.05) is 45.0 Å². The van der Waals surface area contributed by atoms with Gasteiger partial charge < -0.3 is 14.7 Å². The number of hydrogen-bond donors (Lipinski definition) is 0. The molecule has 2 aliphatic heterocycles. The van der Waals surface area contributed by atoms with Gasteiger partial charge in [-0.3, -0.25) is 9.59 Å². The van der Waals surface area contributed by atoms with E-state index in [0.29, 0.717) is 39.0 Å². The quantitative estimate of drug-likeness (QED) is 0.802. The zero-order valence-electron chi connectivity index (χ0n) is 14.4. The van der Waals surface area contributed by atoms with Gasteiger partial charge in [0.25, 0.3) is 0 Å². The summed E-state index contributed by atoms with van der Waals surface area (Å²) in [6, 6.07) is 9.89. The summed E-state index contributed by atoms with van der Waals surface area (Å²) in [5.41, 5.74) is 1.10. The third-order valence-electron chi connectivity index (χ3n) is 5.01. The maximum atomic E-state index is 12.7. The average Bonchev–Trinajstić information content (AvgIpc) is 2.67. The Morgan fingerprint density at radius 3 is 2.19 bits per heavy atom. The number of carbonyl (C=O) groups is 2. The number of alkyl halides is 3. The van der Waals surface area contributed by atoms with E-state index in [4.69, 9.17) is 0 Å². The molecule has 0 saturated carbocycles. The van der Waals surface area contributed by atoms with Crippen LogP contribution in [0.5, 0.6) is 0 Å². The van der Waals surface area contributed by atoms with E-state index in [2.05, 4.69) is 4.90 Å². The fourth-order valence-corrected chi connectivity index (χ4v) is 3.62. The number of likely N-dealkylation sites (tertiary alicyclic amines) is 1. The van der Waals surface area contributed by atoms with Gasteiger partial charge in [0.05, 0.1) is 5.92 Å². The normalized spacial score (nSPS) is 21.7. The van der Waals surface area contributed by atoms with Crippen LogP contribution in [-0.2, 0) is 9.59 Å². The number of rotatable bonds is 2. The predicted molar refractivity (Wildman–Crippen MR) is 90.6 cm³/mol. The molecule has 8 heteroatoms. The highest BCUT2D eigenvalue weighted by molar-refractivity contribution is 5.84. The molecule has 2 fully saturated rings. The van der Waals surface area contributed by atoms with Gasteiger partial charge >= 0.3 is 12.1 Å². The van der Waals surface area contributed by atoms with Crippen LogP contribution in [-0.4, -0.2) is 67.1 Å². The second kappa shape index (κ2) is 7.55. The van der Waals surface area contributed by atoms with E-state index in [9.17, 15) is 22.8 Å². The molecular formula is C18H22F3N3O2. The number of piperidine rings is 1. The van der Waals surface area contributed by atoms with Gasteiger partial charge in [0.1, 0.15) is 0 Å². The fraction of sp³-hybridized carbons (Fsp3) is 0.556. The van der Waals surface area contributed by atoms with Gasteiger partial charge in [-0.1, -0.05) is 18.2 Å². The fourth-order valence-electron chi connectivity index (χ4n) is 3.62. The third-order valence-corrected chi connectivity index (χ3v) is 5.01. The van der Waals surface area contributed by atoms with Crippen molar-refractivity contribution in [1.82, 2.24) is 9.80 Å². The molecule has 142 valence electrons. The van der Waals surface area contributed by atoms with Gasteiger partial charge in [0.2, 0.25) is 5.91 Å². The molecule has 2 heterocycles. The highest BCUT2D eigenvalue weighted by atomic mass is 19.4. The number of piperazine rings is 1. The lowest BCUT2D eigenvalue weighted by Crippen LogP contribution is -2.54. The molecule has 0 spiro atoms. The first kappa shape index (κ1) is 18.5. The van der Waals surface area contributed by atoms with Crippen LogP contribution in [0, 0.1) is 5.92 Å². The largest absolute Gasteiger partial charge is 0.471 e. The van der Waals surface area contributed by atoms with Crippen molar-refractivity contribution in [2.24, 2.45) is 5.92 Å². The molecule has 2 saturated heterocycles. The van der Waals surface area contributed by atoms with Crippen LogP contribution in [0.15, 0.2) is 30.3 Å². The molecule has 3 rings (SSSR count). The number of para-hydroxylation sites is 1. The molecule has 26 heavy (non-hydrogen) atoms. The van der Waals surface area contributed by atoms with Crippen LogP contribution in [0.25, 0.3) is 0 Å². The summed E-state index contributed by atoms with van der Waals surface area (Å²) >= 11 is 0. The van der Waals surface area contributed by atoms with E-state index in [0.717, 1.165) is 10.6 Å². The van der Waals surface area contributed by atoms with E-state index in [-0.39, 0.29) is 19.0 Å². The van der Waals surface area contributed by atoms with Gasteiger partial charge in [-0.25, -0.2) is 0 Å². The minimum Gasteiger partial charge on any atom is -0.368 e. The molecule has 2 amide bonds. The number of halogens is 3. The number of amides is 2. The topological polar surface area (TPSA) is 43.9 Å². The van der Waals surface area contributed by atoms with E-state index in [1.54, 1.807) is 4.90 Å². The SMILES string of the molecule is O=C(C1CCCN(C(=O)C(F)(F)F)C1)N1CCN(c2ccccc2)CC1. The summed E-state index contributed by atoms with van der Waals surface area (Å²) in [5, 5.41) is 0. The molecule has 0 bridgehead atoms. The van der Waals surface area contributed by atoms with Crippen molar-refractivity contribution in [2.75, 3.05) is 44.2 Å². The summed E-state index contributed by atoms with van der Waals surface area (Å²) < 4.78 is 37.9. The van der Waals surface area contributed by atoms with Crippen LogP contribution >= 0.6 is 0 Å². The number of benzene rings is 1. The van der Waals surface area contributed by atoms with Crippen LogP contribution in [0.1, 0.15) is 12.8 Å². The molecule has 5 nitrogen and oxygen atoms in total. The molecule has 0 radical (unpaired) electrons. The molecule has 0 aromatic heterocycles. The molecule has 2 aliphatic rings. The Kier molecular flexibility index (Phi) is 5.38. The molecule has 1 atom stereocenters. The first-order valence-corrected chi connectivity index (χ1v) is 8.81. The lowest BCUT2D eigenvalue weighted by atomic mass is 9.96. The molecular weight excluding hydrogens is 347 g/mol. The van der Waals surface area contributed by atoms with Gasteiger partial charge in [0.15, 0.2) is 0 Å². The van der Waals surface area contributed by atoms with Crippen molar-refractivity contribution in [2.45, 2.75) is 19.0 Å². The van der Waals surface area contributed by atoms with E-state index < -0.39 is 18.0 Å². The van der Waals surface area contributed by atoms with Gasteiger partial charge in [-0.2, -0.15) is 13.2 Å². The third kappa shape index (κ3) is 4.11. The van der Waals surface area contributed by atoms with E-state index in [1.807, 2.05) is 30.3 Å². The Morgan fingerprint density at radius 1 is 0.923 bits per heavy atom. The molecule has 1 unspecified atom stereocenters. The zero-order valence-corrected chi connectivity index (χ0v) is 14.4. The van der Waals surface area contributed by atoms with Crippen molar-refractivity contribution in [1.29, 1.82) is 0 Å². The summed E-state index contributed by atoms with van der Waals surface area (Å²) in [6.07, 6.45) is -3.94. The monoisotopic (exact) mass is 369 g/mol.